The molecule has 0 unspecified atom stereocenters. The van der Waals surface area contributed by atoms with Gasteiger partial charge in [0, 0.05) is 18.7 Å². The molecule has 1 aromatic carbocycles. The number of hydrogen-bond acceptors (Lipinski definition) is 3. The van der Waals surface area contributed by atoms with E-state index in [1.807, 2.05) is 6.07 Å². The van der Waals surface area contributed by atoms with Crippen LogP contribution in [0.5, 0.6) is 0 Å². The molecule has 0 bridgehead atoms. The smallest absolute Gasteiger partial charge is 0.122 e. The molecule has 2 aromatic rings. The van der Waals surface area contributed by atoms with Gasteiger partial charge in [-0.25, -0.2) is 0 Å². The number of hydrogen-bond donors (Lipinski definition) is 1. The van der Waals surface area contributed by atoms with Crippen LogP contribution >= 0.6 is 0 Å². The SMILES string of the molecule is Cc1ccc(CN(C)Cc2occc2CN)cc1. The maximum absolute atomic E-state index is 5.66. The Hall–Kier alpha value is -1.58. The number of benzene rings is 1. The molecule has 96 valence electrons. The zero-order chi connectivity index (χ0) is 13.0. The Balaban J connectivity index is 1.96. The topological polar surface area (TPSA) is 42.4 Å². The van der Waals surface area contributed by atoms with Crippen LogP contribution in [0.4, 0.5) is 0 Å². The van der Waals surface area contributed by atoms with Crippen LogP contribution in [0, 0.1) is 6.92 Å². The summed E-state index contributed by atoms with van der Waals surface area (Å²) in [5.74, 6) is 0.965. The van der Waals surface area contributed by atoms with E-state index < -0.39 is 0 Å². The third kappa shape index (κ3) is 3.22. The van der Waals surface area contributed by atoms with Gasteiger partial charge in [0.25, 0.3) is 0 Å². The molecule has 0 atom stereocenters. The monoisotopic (exact) mass is 244 g/mol. The molecule has 3 heteroatoms. The van der Waals surface area contributed by atoms with Crippen LogP contribution in [-0.4, -0.2) is 11.9 Å². The summed E-state index contributed by atoms with van der Waals surface area (Å²) in [6.45, 7) is 4.33. The van der Waals surface area contributed by atoms with E-state index in [-0.39, 0.29) is 0 Å². The Bertz CT molecular complexity index is 487. The molecule has 0 spiro atoms. The molecule has 18 heavy (non-hydrogen) atoms. The Labute approximate surface area is 108 Å². The minimum atomic E-state index is 0.532. The van der Waals surface area contributed by atoms with Crippen molar-refractivity contribution in [1.29, 1.82) is 0 Å². The fourth-order valence-electron chi connectivity index (χ4n) is 1.99. The summed E-state index contributed by atoms with van der Waals surface area (Å²) in [6, 6.07) is 10.5. The van der Waals surface area contributed by atoms with Crippen LogP contribution in [0.3, 0.4) is 0 Å². The molecule has 1 heterocycles. The van der Waals surface area contributed by atoms with Crippen molar-refractivity contribution in [3.8, 4) is 0 Å². The minimum Gasteiger partial charge on any atom is -0.468 e. The molecule has 0 amide bonds. The lowest BCUT2D eigenvalue weighted by atomic mass is 10.1. The van der Waals surface area contributed by atoms with Gasteiger partial charge in [-0.1, -0.05) is 29.8 Å². The summed E-state index contributed by atoms with van der Waals surface area (Å²) in [5, 5.41) is 0. The van der Waals surface area contributed by atoms with E-state index >= 15 is 0 Å². The van der Waals surface area contributed by atoms with Gasteiger partial charge in [0.05, 0.1) is 12.8 Å². The second-order valence-corrected chi connectivity index (χ2v) is 4.73. The van der Waals surface area contributed by atoms with Crippen molar-refractivity contribution in [3.63, 3.8) is 0 Å². The molecule has 0 saturated carbocycles. The van der Waals surface area contributed by atoms with Crippen LogP contribution in [0.1, 0.15) is 22.5 Å². The van der Waals surface area contributed by atoms with Gasteiger partial charge < -0.3 is 10.2 Å². The number of nitrogens with two attached hydrogens (primary N) is 1. The van der Waals surface area contributed by atoms with E-state index in [0.717, 1.165) is 24.4 Å². The Morgan fingerprint density at radius 3 is 2.50 bits per heavy atom. The average molecular weight is 244 g/mol. The van der Waals surface area contributed by atoms with Crippen molar-refractivity contribution < 1.29 is 4.42 Å². The van der Waals surface area contributed by atoms with E-state index in [2.05, 4.69) is 43.1 Å². The Morgan fingerprint density at radius 2 is 1.83 bits per heavy atom. The van der Waals surface area contributed by atoms with Crippen LogP contribution in [0.25, 0.3) is 0 Å². The fraction of sp³-hybridized carbons (Fsp3) is 0.333. The van der Waals surface area contributed by atoms with Gasteiger partial charge in [-0.3, -0.25) is 4.90 Å². The van der Waals surface area contributed by atoms with Crippen molar-refractivity contribution >= 4 is 0 Å². The highest BCUT2D eigenvalue weighted by atomic mass is 16.3. The van der Waals surface area contributed by atoms with Crippen molar-refractivity contribution in [1.82, 2.24) is 4.90 Å². The molecule has 0 aliphatic carbocycles. The van der Waals surface area contributed by atoms with Crippen LogP contribution in [0.2, 0.25) is 0 Å². The van der Waals surface area contributed by atoms with Crippen molar-refractivity contribution in [2.75, 3.05) is 7.05 Å². The maximum Gasteiger partial charge on any atom is 0.122 e. The average Bonchev–Trinajstić information content (AvgIpc) is 2.79. The second kappa shape index (κ2) is 5.85. The van der Waals surface area contributed by atoms with E-state index in [4.69, 9.17) is 10.2 Å². The molecule has 0 radical (unpaired) electrons. The zero-order valence-corrected chi connectivity index (χ0v) is 11.0. The summed E-state index contributed by atoms with van der Waals surface area (Å²) < 4.78 is 5.46. The summed E-state index contributed by atoms with van der Waals surface area (Å²) in [4.78, 5) is 2.22. The quantitative estimate of drug-likeness (QED) is 0.879. The molecule has 3 nitrogen and oxygen atoms in total. The minimum absolute atomic E-state index is 0.532. The van der Waals surface area contributed by atoms with E-state index in [1.165, 1.54) is 11.1 Å². The molecular formula is C15H20N2O. The van der Waals surface area contributed by atoms with Crippen molar-refractivity contribution in [2.24, 2.45) is 5.73 Å². The molecule has 0 fully saturated rings. The zero-order valence-electron chi connectivity index (χ0n) is 11.0. The maximum atomic E-state index is 5.66. The van der Waals surface area contributed by atoms with E-state index in [0.29, 0.717) is 6.54 Å². The molecule has 2 rings (SSSR count). The van der Waals surface area contributed by atoms with Gasteiger partial charge in [-0.15, -0.1) is 0 Å². The van der Waals surface area contributed by atoms with Crippen LogP contribution in [-0.2, 0) is 19.6 Å². The number of furan rings is 1. The van der Waals surface area contributed by atoms with Crippen LogP contribution in [0.15, 0.2) is 41.0 Å². The molecule has 0 aliphatic rings. The van der Waals surface area contributed by atoms with Gasteiger partial charge in [0.2, 0.25) is 0 Å². The summed E-state index contributed by atoms with van der Waals surface area (Å²) in [5.41, 5.74) is 9.35. The number of nitrogens with zero attached hydrogens (tertiary/aromatic N) is 1. The predicted octanol–water partition coefficient (Wildman–Crippen LogP) is 2.68. The van der Waals surface area contributed by atoms with Crippen LogP contribution < -0.4 is 5.73 Å². The van der Waals surface area contributed by atoms with E-state index in [1.54, 1.807) is 6.26 Å². The van der Waals surface area contributed by atoms with Gasteiger partial charge in [0.15, 0.2) is 0 Å². The molecule has 2 N–H and O–H groups in total. The Morgan fingerprint density at radius 1 is 1.11 bits per heavy atom. The lowest BCUT2D eigenvalue weighted by molar-refractivity contribution is 0.286. The van der Waals surface area contributed by atoms with Gasteiger partial charge in [-0.2, -0.15) is 0 Å². The lowest BCUT2D eigenvalue weighted by Crippen LogP contribution is -2.18. The highest BCUT2D eigenvalue weighted by Crippen LogP contribution is 2.14. The van der Waals surface area contributed by atoms with Gasteiger partial charge in [-0.05, 0) is 25.6 Å². The highest BCUT2D eigenvalue weighted by molar-refractivity contribution is 5.21. The van der Waals surface area contributed by atoms with Gasteiger partial charge in [0.1, 0.15) is 5.76 Å². The first-order valence-electron chi connectivity index (χ1n) is 6.18. The highest BCUT2D eigenvalue weighted by Gasteiger charge is 2.08. The third-order valence-corrected chi connectivity index (χ3v) is 3.04. The Kier molecular flexibility index (Phi) is 4.18. The summed E-state index contributed by atoms with van der Waals surface area (Å²) in [7, 11) is 2.09. The van der Waals surface area contributed by atoms with E-state index in [9.17, 15) is 0 Å². The second-order valence-electron chi connectivity index (χ2n) is 4.73. The fourth-order valence-corrected chi connectivity index (χ4v) is 1.99. The standard InChI is InChI=1S/C15H20N2O/c1-12-3-5-13(6-4-12)10-17(2)11-15-14(9-16)7-8-18-15/h3-8H,9-11,16H2,1-2H3. The predicted molar refractivity (Wildman–Crippen MR) is 72.9 cm³/mol. The molecule has 0 saturated heterocycles. The van der Waals surface area contributed by atoms with Gasteiger partial charge >= 0.3 is 0 Å². The molecular weight excluding hydrogens is 224 g/mol. The number of rotatable bonds is 5. The largest absolute Gasteiger partial charge is 0.468 e. The first-order chi connectivity index (χ1) is 8.69. The third-order valence-electron chi connectivity index (χ3n) is 3.04. The molecule has 1 aromatic heterocycles. The number of aryl methyl sites for hydroxylation is 1. The first kappa shape index (κ1) is 12.9. The van der Waals surface area contributed by atoms with Crippen molar-refractivity contribution in [2.45, 2.75) is 26.6 Å². The summed E-state index contributed by atoms with van der Waals surface area (Å²) in [6.07, 6.45) is 1.71. The normalized spacial score (nSPS) is 11.1. The first-order valence-corrected chi connectivity index (χ1v) is 6.18. The summed E-state index contributed by atoms with van der Waals surface area (Å²) >= 11 is 0. The molecule has 0 aliphatic heterocycles. The lowest BCUT2D eigenvalue weighted by Gasteiger charge is -2.16. The van der Waals surface area contributed by atoms with Crippen molar-refractivity contribution in [3.05, 3.63) is 59.0 Å².